The van der Waals surface area contributed by atoms with Crippen molar-refractivity contribution < 1.29 is 14.6 Å². The smallest absolute Gasteiger partial charge is 0.223 e. The monoisotopic (exact) mass is 253 g/mol. The highest BCUT2D eigenvalue weighted by molar-refractivity contribution is 5.82. The topological polar surface area (TPSA) is 58.6 Å². The van der Waals surface area contributed by atoms with E-state index in [0.717, 1.165) is 6.42 Å². The van der Waals surface area contributed by atoms with Crippen molar-refractivity contribution in [3.8, 4) is 0 Å². The largest absolute Gasteiger partial charge is 0.385 e. The van der Waals surface area contributed by atoms with E-state index < -0.39 is 5.60 Å². The maximum Gasteiger partial charge on any atom is 0.223 e. The summed E-state index contributed by atoms with van der Waals surface area (Å²) in [5.41, 5.74) is -0.530. The highest BCUT2D eigenvalue weighted by Crippen LogP contribution is 2.62. The molecule has 3 fully saturated rings. The molecule has 1 saturated heterocycles. The van der Waals surface area contributed by atoms with Gasteiger partial charge in [0.2, 0.25) is 5.91 Å². The van der Waals surface area contributed by atoms with E-state index in [0.29, 0.717) is 25.0 Å². The summed E-state index contributed by atoms with van der Waals surface area (Å²) < 4.78 is 5.37. The van der Waals surface area contributed by atoms with Gasteiger partial charge < -0.3 is 15.2 Å². The second-order valence-electron chi connectivity index (χ2n) is 6.41. The van der Waals surface area contributed by atoms with E-state index >= 15 is 0 Å². The van der Waals surface area contributed by atoms with Gasteiger partial charge in [0.1, 0.15) is 5.60 Å². The van der Waals surface area contributed by atoms with Crippen molar-refractivity contribution in [3.05, 3.63) is 0 Å². The molecule has 0 aromatic heterocycles. The van der Waals surface area contributed by atoms with E-state index in [1.54, 1.807) is 0 Å². The Labute approximate surface area is 108 Å². The highest BCUT2D eigenvalue weighted by Gasteiger charge is 2.58. The van der Waals surface area contributed by atoms with Crippen molar-refractivity contribution in [1.29, 1.82) is 0 Å². The van der Waals surface area contributed by atoms with Gasteiger partial charge in [0.15, 0.2) is 0 Å². The molecule has 1 aliphatic heterocycles. The normalized spacial score (nSPS) is 41.2. The van der Waals surface area contributed by atoms with Crippen LogP contribution in [-0.2, 0) is 9.53 Å². The zero-order valence-corrected chi connectivity index (χ0v) is 11.1. The third-order valence-electron chi connectivity index (χ3n) is 5.33. The van der Waals surface area contributed by atoms with E-state index in [-0.39, 0.29) is 17.9 Å². The zero-order valence-electron chi connectivity index (χ0n) is 11.1. The van der Waals surface area contributed by atoms with E-state index in [9.17, 15) is 9.90 Å². The zero-order chi connectivity index (χ0) is 12.8. The summed E-state index contributed by atoms with van der Waals surface area (Å²) in [5.74, 6) is 0.352. The van der Waals surface area contributed by atoms with Gasteiger partial charge >= 0.3 is 0 Å². The van der Waals surface area contributed by atoms with E-state index in [1.165, 1.54) is 25.7 Å². The number of ether oxygens (including phenoxy) is 1. The van der Waals surface area contributed by atoms with Crippen molar-refractivity contribution in [2.24, 2.45) is 11.3 Å². The van der Waals surface area contributed by atoms with Gasteiger partial charge in [0.05, 0.1) is 6.10 Å². The van der Waals surface area contributed by atoms with Gasteiger partial charge in [0, 0.05) is 25.5 Å². The Bertz CT molecular complexity index is 351. The van der Waals surface area contributed by atoms with Crippen LogP contribution in [0.5, 0.6) is 0 Å². The molecule has 0 radical (unpaired) electrons. The Kier molecular flexibility index (Phi) is 2.90. The fraction of sp³-hybridized carbons (Fsp3) is 0.929. The minimum absolute atomic E-state index is 0.143. The molecule has 0 bridgehead atoms. The predicted octanol–water partition coefficient (Wildman–Crippen LogP) is 1.22. The van der Waals surface area contributed by atoms with E-state index in [2.05, 4.69) is 5.32 Å². The molecule has 3 aliphatic rings. The Morgan fingerprint density at radius 2 is 2.11 bits per heavy atom. The minimum Gasteiger partial charge on any atom is -0.385 e. The number of hydrogen-bond acceptors (Lipinski definition) is 3. The van der Waals surface area contributed by atoms with E-state index in [1.807, 2.05) is 6.92 Å². The lowest BCUT2D eigenvalue weighted by atomic mass is 9.96. The molecule has 2 aliphatic carbocycles. The molecular weight excluding hydrogens is 230 g/mol. The average molecular weight is 253 g/mol. The molecule has 2 N–H and O–H groups in total. The molecule has 1 heterocycles. The molecule has 4 heteroatoms. The Balaban J connectivity index is 1.51. The molecule has 1 spiro atoms. The van der Waals surface area contributed by atoms with Crippen LogP contribution in [0, 0.1) is 11.3 Å². The van der Waals surface area contributed by atoms with Gasteiger partial charge in [-0.25, -0.2) is 0 Å². The third kappa shape index (κ3) is 1.95. The Morgan fingerprint density at radius 1 is 1.39 bits per heavy atom. The highest BCUT2D eigenvalue weighted by atomic mass is 16.5. The first kappa shape index (κ1) is 12.4. The lowest BCUT2D eigenvalue weighted by molar-refractivity contribution is -0.125. The Hall–Kier alpha value is -0.610. The van der Waals surface area contributed by atoms with Crippen molar-refractivity contribution in [2.75, 3.05) is 13.2 Å². The van der Waals surface area contributed by atoms with Gasteiger partial charge in [-0.1, -0.05) is 12.8 Å². The van der Waals surface area contributed by atoms with Crippen LogP contribution in [0.25, 0.3) is 0 Å². The quantitative estimate of drug-likeness (QED) is 0.795. The van der Waals surface area contributed by atoms with Crippen molar-refractivity contribution in [2.45, 2.75) is 57.2 Å². The van der Waals surface area contributed by atoms with Crippen molar-refractivity contribution >= 4 is 5.91 Å². The van der Waals surface area contributed by atoms with Crippen LogP contribution in [-0.4, -0.2) is 35.9 Å². The summed E-state index contributed by atoms with van der Waals surface area (Å²) in [4.78, 5) is 12.1. The van der Waals surface area contributed by atoms with Crippen LogP contribution in [0.15, 0.2) is 0 Å². The molecular formula is C14H23NO3. The number of nitrogens with one attached hydrogen (secondary N) is 1. The van der Waals surface area contributed by atoms with Crippen LogP contribution in [0.4, 0.5) is 0 Å². The Morgan fingerprint density at radius 3 is 2.72 bits per heavy atom. The molecule has 0 aromatic carbocycles. The lowest BCUT2D eigenvalue weighted by Crippen LogP contribution is -2.48. The number of amides is 1. The molecule has 4 nitrogen and oxygen atoms in total. The molecule has 18 heavy (non-hydrogen) atoms. The van der Waals surface area contributed by atoms with Gasteiger partial charge in [-0.15, -0.1) is 0 Å². The lowest BCUT2D eigenvalue weighted by Gasteiger charge is -2.26. The molecule has 3 atom stereocenters. The van der Waals surface area contributed by atoms with Gasteiger partial charge in [-0.2, -0.15) is 0 Å². The third-order valence-corrected chi connectivity index (χ3v) is 5.33. The maximum absolute atomic E-state index is 12.1. The summed E-state index contributed by atoms with van der Waals surface area (Å²) in [6.07, 6.45) is 6.48. The van der Waals surface area contributed by atoms with Gasteiger partial charge in [0.25, 0.3) is 0 Å². The molecule has 2 saturated carbocycles. The van der Waals surface area contributed by atoms with Gasteiger partial charge in [-0.05, 0) is 31.6 Å². The van der Waals surface area contributed by atoms with Crippen LogP contribution in [0.3, 0.4) is 0 Å². The number of aliphatic hydroxyl groups is 1. The fourth-order valence-corrected chi connectivity index (χ4v) is 3.72. The van der Waals surface area contributed by atoms with Crippen LogP contribution < -0.4 is 5.32 Å². The minimum atomic E-state index is -0.868. The number of hydrogen-bond donors (Lipinski definition) is 2. The molecule has 3 rings (SSSR count). The van der Waals surface area contributed by atoms with Crippen molar-refractivity contribution in [1.82, 2.24) is 5.32 Å². The summed E-state index contributed by atoms with van der Waals surface area (Å²) in [5, 5.41) is 13.3. The molecule has 3 unspecified atom stereocenters. The van der Waals surface area contributed by atoms with Crippen molar-refractivity contribution in [3.63, 3.8) is 0 Å². The first-order valence-electron chi connectivity index (χ1n) is 7.18. The number of rotatable bonds is 3. The summed E-state index contributed by atoms with van der Waals surface area (Å²) in [6.45, 7) is 2.79. The maximum atomic E-state index is 12.1. The standard InChI is InChI=1S/C14H23NO3/c1-10-14(17,6-7-18-10)9-15-12(16)11-8-13(11)4-2-3-5-13/h10-11,17H,2-9H2,1H3,(H,15,16). The van der Waals surface area contributed by atoms with E-state index in [4.69, 9.17) is 4.74 Å². The van der Waals surface area contributed by atoms with Gasteiger partial charge in [-0.3, -0.25) is 4.79 Å². The predicted molar refractivity (Wildman–Crippen MR) is 67.0 cm³/mol. The van der Waals surface area contributed by atoms with Crippen LogP contribution in [0.2, 0.25) is 0 Å². The summed E-state index contributed by atoms with van der Waals surface area (Å²) in [7, 11) is 0. The number of carbonyl (C=O) groups is 1. The second-order valence-corrected chi connectivity index (χ2v) is 6.41. The van der Waals surface area contributed by atoms with Crippen LogP contribution >= 0.6 is 0 Å². The molecule has 0 aromatic rings. The summed E-state index contributed by atoms with van der Waals surface area (Å²) in [6, 6.07) is 0. The number of carbonyl (C=O) groups excluding carboxylic acids is 1. The first-order valence-corrected chi connectivity index (χ1v) is 7.18. The molecule has 1 amide bonds. The summed E-state index contributed by atoms with van der Waals surface area (Å²) >= 11 is 0. The average Bonchev–Trinajstić information content (AvgIpc) is 2.65. The first-order chi connectivity index (χ1) is 8.56. The SMILES string of the molecule is CC1OCCC1(O)CNC(=O)C1CC12CCCC2. The van der Waals surface area contributed by atoms with Crippen LogP contribution in [0.1, 0.15) is 45.4 Å². The molecule has 102 valence electrons. The second kappa shape index (κ2) is 4.20. The fourth-order valence-electron chi connectivity index (χ4n) is 3.72.